The van der Waals surface area contributed by atoms with Gasteiger partial charge in [0.25, 0.3) is 0 Å². The average Bonchev–Trinajstić information content (AvgIpc) is 1.99. The summed E-state index contributed by atoms with van der Waals surface area (Å²) < 4.78 is 21.3. The Morgan fingerprint density at radius 2 is 1.85 bits per heavy atom. The van der Waals surface area contributed by atoms with Crippen LogP contribution in [0.3, 0.4) is 0 Å². The van der Waals surface area contributed by atoms with E-state index in [1.54, 1.807) is 0 Å². The van der Waals surface area contributed by atoms with Gasteiger partial charge in [-0.2, -0.15) is 0 Å². The zero-order chi connectivity index (χ0) is 9.84. The summed E-state index contributed by atoms with van der Waals surface area (Å²) in [6.45, 7) is 4.43. The summed E-state index contributed by atoms with van der Waals surface area (Å²) >= 11 is -1.93. The first-order valence-electron chi connectivity index (χ1n) is 3.99. The van der Waals surface area contributed by atoms with Crippen LogP contribution < -0.4 is 4.72 Å². The normalized spacial score (nSPS) is 12.8. The maximum absolute atomic E-state index is 10.3. The number of rotatable bonds is 3. The smallest absolute Gasteiger partial charge is 0.232 e. The first-order valence-corrected chi connectivity index (χ1v) is 5.10. The quantitative estimate of drug-likeness (QED) is 0.725. The van der Waals surface area contributed by atoms with E-state index >= 15 is 0 Å². The molecule has 0 saturated carbocycles. The molecule has 0 fully saturated rings. The summed E-state index contributed by atoms with van der Waals surface area (Å²) in [6, 6.07) is 6.05. The van der Waals surface area contributed by atoms with Gasteiger partial charge < -0.3 is 0 Å². The highest BCUT2D eigenvalue weighted by Crippen LogP contribution is 2.08. The van der Waals surface area contributed by atoms with Crippen LogP contribution in [-0.2, 0) is 17.8 Å². The second-order valence-electron chi connectivity index (χ2n) is 3.07. The third-order valence-electron chi connectivity index (χ3n) is 1.68. The molecule has 0 aliphatic rings. The van der Waals surface area contributed by atoms with Crippen molar-refractivity contribution in [1.82, 2.24) is 4.72 Å². The highest BCUT2D eigenvalue weighted by Gasteiger charge is 1.97. The van der Waals surface area contributed by atoms with E-state index in [0.29, 0.717) is 6.54 Å². The van der Waals surface area contributed by atoms with E-state index in [9.17, 15) is 4.21 Å². The van der Waals surface area contributed by atoms with Gasteiger partial charge in [-0.25, -0.2) is 8.93 Å². The Bertz CT molecular complexity index is 305. The van der Waals surface area contributed by atoms with Crippen LogP contribution in [0.25, 0.3) is 0 Å². The van der Waals surface area contributed by atoms with Gasteiger partial charge in [-0.05, 0) is 19.4 Å². The molecule has 1 atom stereocenters. The van der Waals surface area contributed by atoms with Crippen molar-refractivity contribution in [3.63, 3.8) is 0 Å². The second-order valence-corrected chi connectivity index (χ2v) is 3.85. The van der Waals surface area contributed by atoms with E-state index in [2.05, 4.69) is 10.8 Å². The number of nitrogens with one attached hydrogen (secondary N) is 1. The van der Waals surface area contributed by atoms with Crippen molar-refractivity contribution >= 4 is 11.3 Å². The summed E-state index contributed by atoms with van der Waals surface area (Å²) in [7, 11) is 0. The number of hydrogen-bond acceptors (Lipinski definition) is 1. The lowest BCUT2D eigenvalue weighted by atomic mass is 10.1. The SMILES string of the molecule is Cc1cc(C)cc(CNS(=O)O)c1. The third kappa shape index (κ3) is 3.67. The van der Waals surface area contributed by atoms with Gasteiger partial charge in [-0.1, -0.05) is 29.3 Å². The van der Waals surface area contributed by atoms with Gasteiger partial charge >= 0.3 is 0 Å². The Morgan fingerprint density at radius 3 is 2.31 bits per heavy atom. The van der Waals surface area contributed by atoms with Crippen molar-refractivity contribution in [3.8, 4) is 0 Å². The standard InChI is InChI=1S/C9H13NO2S/c1-7-3-8(2)5-9(4-7)6-10-13(11)12/h3-5,10H,6H2,1-2H3,(H,11,12). The molecule has 72 valence electrons. The van der Waals surface area contributed by atoms with E-state index in [1.165, 1.54) is 11.1 Å². The van der Waals surface area contributed by atoms with Crippen molar-refractivity contribution in [1.29, 1.82) is 0 Å². The van der Waals surface area contributed by atoms with Crippen molar-refractivity contribution in [3.05, 3.63) is 34.9 Å². The molecule has 0 heterocycles. The maximum atomic E-state index is 10.3. The van der Waals surface area contributed by atoms with Gasteiger partial charge in [-0.15, -0.1) is 0 Å². The highest BCUT2D eigenvalue weighted by molar-refractivity contribution is 7.77. The molecule has 2 N–H and O–H groups in total. The van der Waals surface area contributed by atoms with Gasteiger partial charge in [0.05, 0.1) is 0 Å². The molecule has 1 aromatic rings. The van der Waals surface area contributed by atoms with Gasteiger partial charge in [0.2, 0.25) is 11.3 Å². The predicted molar refractivity (Wildman–Crippen MR) is 53.5 cm³/mol. The van der Waals surface area contributed by atoms with Crippen LogP contribution in [0, 0.1) is 13.8 Å². The Labute approximate surface area is 80.6 Å². The minimum atomic E-state index is -1.93. The molecule has 1 unspecified atom stereocenters. The topological polar surface area (TPSA) is 49.3 Å². The Kier molecular flexibility index (Phi) is 3.59. The van der Waals surface area contributed by atoms with Crippen molar-refractivity contribution in [2.45, 2.75) is 20.4 Å². The number of hydrogen-bond donors (Lipinski definition) is 2. The fraction of sp³-hybridized carbons (Fsp3) is 0.333. The van der Waals surface area contributed by atoms with Crippen LogP contribution in [0.5, 0.6) is 0 Å². The minimum absolute atomic E-state index is 0.422. The fourth-order valence-corrected chi connectivity index (χ4v) is 1.61. The van der Waals surface area contributed by atoms with Crippen LogP contribution in [0.2, 0.25) is 0 Å². The molecule has 0 amide bonds. The molecule has 0 spiro atoms. The lowest BCUT2D eigenvalue weighted by Crippen LogP contribution is -2.15. The van der Waals surface area contributed by atoms with Crippen LogP contribution in [-0.4, -0.2) is 8.76 Å². The Morgan fingerprint density at radius 1 is 1.31 bits per heavy atom. The summed E-state index contributed by atoms with van der Waals surface area (Å²) in [6.07, 6.45) is 0. The lowest BCUT2D eigenvalue weighted by molar-refractivity contribution is 0.548. The Balaban J connectivity index is 2.71. The summed E-state index contributed by atoms with van der Waals surface area (Å²) in [5.41, 5.74) is 3.36. The molecule has 1 aromatic carbocycles. The molecular formula is C9H13NO2S. The van der Waals surface area contributed by atoms with Crippen molar-refractivity contribution < 1.29 is 8.76 Å². The summed E-state index contributed by atoms with van der Waals surface area (Å²) in [5, 5.41) is 0. The lowest BCUT2D eigenvalue weighted by Gasteiger charge is -2.03. The van der Waals surface area contributed by atoms with Crippen LogP contribution in [0.4, 0.5) is 0 Å². The zero-order valence-corrected chi connectivity index (χ0v) is 8.52. The number of aryl methyl sites for hydroxylation is 2. The fourth-order valence-electron chi connectivity index (χ4n) is 1.32. The molecule has 3 nitrogen and oxygen atoms in total. The molecule has 0 aliphatic heterocycles. The molecule has 1 rings (SSSR count). The van der Waals surface area contributed by atoms with E-state index in [4.69, 9.17) is 4.55 Å². The first-order chi connectivity index (χ1) is 6.08. The summed E-state index contributed by atoms with van der Waals surface area (Å²) in [4.78, 5) is 0. The molecule has 0 aliphatic carbocycles. The van der Waals surface area contributed by atoms with Crippen LogP contribution in [0.15, 0.2) is 18.2 Å². The van der Waals surface area contributed by atoms with E-state index in [0.717, 1.165) is 5.56 Å². The maximum Gasteiger partial charge on any atom is 0.232 e. The molecular weight excluding hydrogens is 186 g/mol. The summed E-state index contributed by atoms with van der Waals surface area (Å²) in [5.74, 6) is 0. The van der Waals surface area contributed by atoms with E-state index in [-0.39, 0.29) is 0 Å². The molecule has 4 heteroatoms. The largest absolute Gasteiger partial charge is 0.294 e. The van der Waals surface area contributed by atoms with Crippen LogP contribution >= 0.6 is 0 Å². The van der Waals surface area contributed by atoms with E-state index in [1.807, 2.05) is 26.0 Å². The van der Waals surface area contributed by atoms with E-state index < -0.39 is 11.3 Å². The van der Waals surface area contributed by atoms with Crippen LogP contribution in [0.1, 0.15) is 16.7 Å². The van der Waals surface area contributed by atoms with Gasteiger partial charge in [-0.3, -0.25) is 4.55 Å². The molecule has 0 radical (unpaired) electrons. The Hall–Kier alpha value is -0.710. The van der Waals surface area contributed by atoms with Gasteiger partial charge in [0, 0.05) is 6.54 Å². The minimum Gasteiger partial charge on any atom is -0.294 e. The van der Waals surface area contributed by atoms with Gasteiger partial charge in [0.15, 0.2) is 0 Å². The van der Waals surface area contributed by atoms with Crippen molar-refractivity contribution in [2.75, 3.05) is 0 Å². The predicted octanol–water partition coefficient (Wildman–Crippen LogP) is 1.53. The third-order valence-corrected chi connectivity index (χ3v) is 2.07. The highest BCUT2D eigenvalue weighted by atomic mass is 32.2. The zero-order valence-electron chi connectivity index (χ0n) is 7.70. The molecule has 0 aromatic heterocycles. The van der Waals surface area contributed by atoms with Gasteiger partial charge in [0.1, 0.15) is 0 Å². The molecule has 0 saturated heterocycles. The first kappa shape index (κ1) is 10.4. The average molecular weight is 199 g/mol. The number of benzene rings is 1. The molecule has 0 bridgehead atoms. The van der Waals surface area contributed by atoms with Crippen molar-refractivity contribution in [2.24, 2.45) is 0 Å². The monoisotopic (exact) mass is 199 g/mol. The molecule has 13 heavy (non-hydrogen) atoms. The second kappa shape index (κ2) is 4.50.